The summed E-state index contributed by atoms with van der Waals surface area (Å²) < 4.78 is 51.8. The van der Waals surface area contributed by atoms with Crippen LogP contribution in [0.1, 0.15) is 5.76 Å². The second-order valence-electron chi connectivity index (χ2n) is 5.44. The van der Waals surface area contributed by atoms with E-state index in [9.17, 15) is 12.8 Å². The van der Waals surface area contributed by atoms with Gasteiger partial charge in [-0.05, 0) is 52.3 Å². The first-order chi connectivity index (χ1) is 11.9. The SMILES string of the molecule is O=S(=O)(Nc1ccc2c(c1)OCc1occc1-2)c1ccc(F)cc1Br. The van der Waals surface area contributed by atoms with Gasteiger partial charge >= 0.3 is 0 Å². The average Bonchev–Trinajstić information content (AvgIpc) is 3.02. The maximum absolute atomic E-state index is 13.2. The van der Waals surface area contributed by atoms with E-state index in [4.69, 9.17) is 9.15 Å². The minimum Gasteiger partial charge on any atom is -0.485 e. The number of benzene rings is 2. The Labute approximate surface area is 151 Å². The van der Waals surface area contributed by atoms with E-state index >= 15 is 0 Å². The number of hydrogen-bond donors (Lipinski definition) is 1. The largest absolute Gasteiger partial charge is 0.485 e. The van der Waals surface area contributed by atoms with Crippen LogP contribution in [0.25, 0.3) is 11.1 Å². The van der Waals surface area contributed by atoms with Crippen molar-refractivity contribution in [3.63, 3.8) is 0 Å². The Bertz CT molecular complexity index is 1080. The molecule has 0 aliphatic carbocycles. The van der Waals surface area contributed by atoms with E-state index in [0.29, 0.717) is 11.4 Å². The Morgan fingerprint density at radius 2 is 1.92 bits per heavy atom. The van der Waals surface area contributed by atoms with E-state index in [1.54, 1.807) is 24.5 Å². The molecule has 2 heterocycles. The van der Waals surface area contributed by atoms with Crippen LogP contribution in [0, 0.1) is 5.82 Å². The summed E-state index contributed by atoms with van der Waals surface area (Å²) in [5.41, 5.74) is 2.11. The van der Waals surface area contributed by atoms with Crippen molar-refractivity contribution in [1.82, 2.24) is 0 Å². The van der Waals surface area contributed by atoms with Crippen LogP contribution in [0.4, 0.5) is 10.1 Å². The van der Waals surface area contributed by atoms with Crippen molar-refractivity contribution in [2.45, 2.75) is 11.5 Å². The quantitative estimate of drug-likeness (QED) is 0.671. The zero-order valence-corrected chi connectivity index (χ0v) is 15.0. The number of halogens is 2. The summed E-state index contributed by atoms with van der Waals surface area (Å²) in [7, 11) is -3.87. The first-order valence-electron chi connectivity index (χ1n) is 7.25. The lowest BCUT2D eigenvalue weighted by Gasteiger charge is -2.18. The highest BCUT2D eigenvalue weighted by molar-refractivity contribution is 9.10. The first kappa shape index (κ1) is 16.2. The topological polar surface area (TPSA) is 68.5 Å². The minimum atomic E-state index is -3.87. The molecule has 0 amide bonds. The third-order valence-corrected chi connectivity index (χ3v) is 6.17. The molecule has 0 atom stereocenters. The van der Waals surface area contributed by atoms with Gasteiger partial charge in [-0.2, -0.15) is 0 Å². The van der Waals surface area contributed by atoms with Gasteiger partial charge in [0.05, 0.1) is 12.0 Å². The first-order valence-corrected chi connectivity index (χ1v) is 9.53. The van der Waals surface area contributed by atoms with Crippen molar-refractivity contribution in [3.8, 4) is 16.9 Å². The summed E-state index contributed by atoms with van der Waals surface area (Å²) in [4.78, 5) is -0.0512. The molecule has 0 radical (unpaired) electrons. The normalized spacial score (nSPS) is 12.9. The molecule has 0 saturated carbocycles. The molecular weight excluding hydrogens is 413 g/mol. The van der Waals surface area contributed by atoms with Crippen molar-refractivity contribution in [2.75, 3.05) is 4.72 Å². The monoisotopic (exact) mass is 423 g/mol. The van der Waals surface area contributed by atoms with E-state index in [2.05, 4.69) is 20.7 Å². The van der Waals surface area contributed by atoms with Crippen LogP contribution in [0.5, 0.6) is 5.75 Å². The van der Waals surface area contributed by atoms with Gasteiger partial charge in [0.2, 0.25) is 0 Å². The number of anilines is 1. The summed E-state index contributed by atoms with van der Waals surface area (Å²) >= 11 is 3.08. The molecule has 0 spiro atoms. The highest BCUT2D eigenvalue weighted by Crippen LogP contribution is 2.40. The molecule has 8 heteroatoms. The minimum absolute atomic E-state index is 0.0512. The molecule has 4 rings (SSSR count). The van der Waals surface area contributed by atoms with Crippen molar-refractivity contribution >= 4 is 31.6 Å². The predicted molar refractivity (Wildman–Crippen MR) is 93.4 cm³/mol. The molecule has 1 aromatic heterocycles. The van der Waals surface area contributed by atoms with Gasteiger partial charge < -0.3 is 9.15 Å². The van der Waals surface area contributed by atoms with Crippen molar-refractivity contribution in [2.24, 2.45) is 0 Å². The molecule has 0 unspecified atom stereocenters. The Morgan fingerprint density at radius 3 is 2.72 bits per heavy atom. The fourth-order valence-electron chi connectivity index (χ4n) is 2.67. The molecule has 1 N–H and O–H groups in total. The molecular formula is C17H11BrFNO4S. The standard InChI is InChI=1S/C17H11BrFNO4S/c18-14-7-10(19)1-4-17(14)25(21,22)20-11-2-3-12-13-5-6-23-16(13)9-24-15(12)8-11/h1-8,20H,9H2. The van der Waals surface area contributed by atoms with Crippen LogP contribution in [0.15, 0.2) is 62.5 Å². The van der Waals surface area contributed by atoms with E-state index in [0.717, 1.165) is 29.0 Å². The van der Waals surface area contributed by atoms with Gasteiger partial charge in [0, 0.05) is 21.7 Å². The average molecular weight is 424 g/mol. The fraction of sp³-hybridized carbons (Fsp3) is 0.0588. The number of nitrogens with one attached hydrogen (secondary N) is 1. The van der Waals surface area contributed by atoms with E-state index < -0.39 is 15.8 Å². The molecule has 0 saturated heterocycles. The van der Waals surface area contributed by atoms with E-state index in [1.165, 1.54) is 6.07 Å². The summed E-state index contributed by atoms with van der Waals surface area (Å²) in [5, 5.41) is 0. The summed E-state index contributed by atoms with van der Waals surface area (Å²) in [6.07, 6.45) is 1.59. The summed E-state index contributed by atoms with van der Waals surface area (Å²) in [5.74, 6) is 0.771. The number of hydrogen-bond acceptors (Lipinski definition) is 4. The van der Waals surface area contributed by atoms with Gasteiger partial charge in [0.1, 0.15) is 28.8 Å². The van der Waals surface area contributed by atoms with Crippen LogP contribution in [0.3, 0.4) is 0 Å². The maximum atomic E-state index is 13.2. The molecule has 1 aliphatic rings. The number of ether oxygens (including phenoxy) is 1. The second kappa shape index (κ2) is 5.89. The second-order valence-corrected chi connectivity index (χ2v) is 7.94. The fourth-order valence-corrected chi connectivity index (χ4v) is 4.77. The van der Waals surface area contributed by atoms with Crippen molar-refractivity contribution in [3.05, 3.63) is 64.8 Å². The van der Waals surface area contributed by atoms with Gasteiger partial charge in [0.25, 0.3) is 10.0 Å². The molecule has 5 nitrogen and oxygen atoms in total. The molecule has 2 aromatic carbocycles. The zero-order chi connectivity index (χ0) is 17.6. The van der Waals surface area contributed by atoms with Crippen molar-refractivity contribution in [1.29, 1.82) is 0 Å². The van der Waals surface area contributed by atoms with E-state index in [-0.39, 0.29) is 16.0 Å². The molecule has 128 valence electrons. The van der Waals surface area contributed by atoms with Gasteiger partial charge in [-0.15, -0.1) is 0 Å². The molecule has 25 heavy (non-hydrogen) atoms. The van der Waals surface area contributed by atoms with E-state index in [1.807, 2.05) is 6.07 Å². The van der Waals surface area contributed by atoms with Crippen LogP contribution in [-0.2, 0) is 16.6 Å². The third kappa shape index (κ3) is 2.91. The van der Waals surface area contributed by atoms with Crippen LogP contribution in [-0.4, -0.2) is 8.42 Å². The summed E-state index contributed by atoms with van der Waals surface area (Å²) in [6.45, 7) is 0.287. The lowest BCUT2D eigenvalue weighted by atomic mass is 10.0. The highest BCUT2D eigenvalue weighted by Gasteiger charge is 2.22. The molecule has 0 fully saturated rings. The van der Waals surface area contributed by atoms with Gasteiger partial charge in [-0.3, -0.25) is 4.72 Å². The smallest absolute Gasteiger partial charge is 0.263 e. The molecule has 3 aromatic rings. The maximum Gasteiger partial charge on any atom is 0.263 e. The number of fused-ring (bicyclic) bond motifs is 3. The molecule has 1 aliphatic heterocycles. The Kier molecular flexibility index (Phi) is 3.81. The van der Waals surface area contributed by atoms with Gasteiger partial charge in [-0.1, -0.05) is 0 Å². The summed E-state index contributed by atoms with van der Waals surface area (Å²) in [6, 6.07) is 10.3. The number of sulfonamides is 1. The van der Waals surface area contributed by atoms with Crippen LogP contribution in [0.2, 0.25) is 0 Å². The number of rotatable bonds is 3. The van der Waals surface area contributed by atoms with Crippen molar-refractivity contribution < 1.29 is 22.0 Å². The Balaban J connectivity index is 1.68. The van der Waals surface area contributed by atoms with Crippen LogP contribution < -0.4 is 9.46 Å². The lowest BCUT2D eigenvalue weighted by molar-refractivity contribution is 0.266. The third-order valence-electron chi connectivity index (χ3n) is 3.81. The molecule has 0 bridgehead atoms. The van der Waals surface area contributed by atoms with Crippen LogP contribution >= 0.6 is 15.9 Å². The highest BCUT2D eigenvalue weighted by atomic mass is 79.9. The number of furan rings is 1. The lowest BCUT2D eigenvalue weighted by Crippen LogP contribution is -2.14. The Morgan fingerprint density at radius 1 is 1.08 bits per heavy atom. The van der Waals surface area contributed by atoms with Gasteiger partial charge in [0.15, 0.2) is 0 Å². The van der Waals surface area contributed by atoms with Gasteiger partial charge in [-0.25, -0.2) is 12.8 Å². The Hall–Kier alpha value is -2.32. The predicted octanol–water partition coefficient (Wildman–Crippen LogP) is 4.54. The zero-order valence-electron chi connectivity index (χ0n) is 12.6.